The molecule has 7 heteroatoms. The molecule has 0 unspecified atom stereocenters. The Morgan fingerprint density at radius 1 is 1.28 bits per heavy atom. The van der Waals surface area contributed by atoms with Gasteiger partial charge in [-0.1, -0.05) is 17.7 Å². The van der Waals surface area contributed by atoms with Crippen molar-refractivity contribution < 1.29 is 14.3 Å². The summed E-state index contributed by atoms with van der Waals surface area (Å²) in [6.07, 6.45) is 0.385. The van der Waals surface area contributed by atoms with E-state index in [4.69, 9.17) is 21.7 Å². The van der Waals surface area contributed by atoms with Crippen LogP contribution >= 0.6 is 12.2 Å². The van der Waals surface area contributed by atoms with Gasteiger partial charge in [-0.05, 0) is 51.2 Å². The Bertz CT molecular complexity index is 794. The number of rotatable bonds is 6. The van der Waals surface area contributed by atoms with E-state index in [0.717, 1.165) is 11.3 Å². The van der Waals surface area contributed by atoms with Crippen LogP contribution in [0.2, 0.25) is 0 Å². The number of aryl methyl sites for hydroxylation is 3. The highest BCUT2D eigenvalue weighted by atomic mass is 32.1. The average molecular weight is 359 g/mol. The van der Waals surface area contributed by atoms with Crippen LogP contribution < -0.4 is 10.7 Å². The predicted molar refractivity (Wildman–Crippen MR) is 102 cm³/mol. The van der Waals surface area contributed by atoms with Gasteiger partial charge in [-0.2, -0.15) is 5.10 Å². The largest absolute Gasteiger partial charge is 0.481 e. The van der Waals surface area contributed by atoms with Gasteiger partial charge in [0.2, 0.25) is 0 Å². The van der Waals surface area contributed by atoms with Gasteiger partial charge in [-0.25, -0.2) is 0 Å². The molecule has 0 saturated carbocycles. The smallest absolute Gasteiger partial charge is 0.303 e. The van der Waals surface area contributed by atoms with E-state index in [2.05, 4.69) is 15.8 Å². The third-order valence-electron chi connectivity index (χ3n) is 3.58. The molecule has 1 aromatic heterocycles. The van der Waals surface area contributed by atoms with E-state index < -0.39 is 5.97 Å². The number of aliphatic carboxylic acids is 1. The molecule has 0 amide bonds. The first-order chi connectivity index (χ1) is 11.8. The van der Waals surface area contributed by atoms with Gasteiger partial charge in [-0.15, -0.1) is 0 Å². The van der Waals surface area contributed by atoms with Gasteiger partial charge in [0.15, 0.2) is 5.11 Å². The number of anilines is 1. The zero-order valence-corrected chi connectivity index (χ0v) is 15.2. The van der Waals surface area contributed by atoms with Crippen molar-refractivity contribution in [2.24, 2.45) is 5.10 Å². The summed E-state index contributed by atoms with van der Waals surface area (Å²) in [5.74, 6) is 0.473. The van der Waals surface area contributed by atoms with Crippen molar-refractivity contribution >= 4 is 34.7 Å². The van der Waals surface area contributed by atoms with Crippen LogP contribution in [-0.2, 0) is 11.2 Å². The number of hydrazone groups is 1. The summed E-state index contributed by atoms with van der Waals surface area (Å²) in [5.41, 5.74) is 6.39. The fourth-order valence-corrected chi connectivity index (χ4v) is 2.41. The van der Waals surface area contributed by atoms with Crippen molar-refractivity contribution in [1.29, 1.82) is 0 Å². The zero-order chi connectivity index (χ0) is 18.4. The van der Waals surface area contributed by atoms with Gasteiger partial charge in [0.1, 0.15) is 11.5 Å². The number of thiocarbonyl (C=S) groups is 1. The quantitative estimate of drug-likeness (QED) is 0.415. The molecule has 1 heterocycles. The zero-order valence-electron chi connectivity index (χ0n) is 14.4. The Balaban J connectivity index is 1.97. The van der Waals surface area contributed by atoms with Crippen molar-refractivity contribution in [3.8, 4) is 0 Å². The molecule has 6 nitrogen and oxygen atoms in total. The molecule has 25 heavy (non-hydrogen) atoms. The standard InChI is InChI=1S/C18H21N3O3S/c1-11-4-6-14(7-5-11)19-18(25)21-20-12(2)16-10-15(24-13(16)3)8-9-17(22)23/h4-7,10H,8-9H2,1-3H3,(H,22,23)(H2,19,21,25)/b20-12-. The fourth-order valence-electron chi connectivity index (χ4n) is 2.25. The van der Waals surface area contributed by atoms with Crippen LogP contribution in [0.1, 0.15) is 36.0 Å². The molecule has 0 bridgehead atoms. The molecule has 0 atom stereocenters. The highest BCUT2D eigenvalue weighted by Crippen LogP contribution is 2.17. The lowest BCUT2D eigenvalue weighted by molar-refractivity contribution is -0.137. The normalized spacial score (nSPS) is 11.2. The van der Waals surface area contributed by atoms with Crippen molar-refractivity contribution in [2.45, 2.75) is 33.6 Å². The van der Waals surface area contributed by atoms with E-state index in [-0.39, 0.29) is 6.42 Å². The van der Waals surface area contributed by atoms with Crippen molar-refractivity contribution in [1.82, 2.24) is 5.43 Å². The van der Waals surface area contributed by atoms with Crippen LogP contribution in [0.15, 0.2) is 39.9 Å². The molecule has 0 fully saturated rings. The fraction of sp³-hybridized carbons (Fsp3) is 0.278. The molecular weight excluding hydrogens is 338 g/mol. The number of nitrogens with one attached hydrogen (secondary N) is 2. The number of carboxylic acid groups (broad SMARTS) is 1. The van der Waals surface area contributed by atoms with E-state index >= 15 is 0 Å². The second kappa shape index (κ2) is 8.43. The lowest BCUT2D eigenvalue weighted by atomic mass is 10.1. The first-order valence-electron chi connectivity index (χ1n) is 7.84. The number of hydrogen-bond donors (Lipinski definition) is 3. The monoisotopic (exact) mass is 359 g/mol. The predicted octanol–water partition coefficient (Wildman–Crippen LogP) is 3.62. The van der Waals surface area contributed by atoms with Crippen LogP contribution in [0.25, 0.3) is 0 Å². The highest BCUT2D eigenvalue weighted by Gasteiger charge is 2.11. The van der Waals surface area contributed by atoms with Crippen LogP contribution in [0.3, 0.4) is 0 Å². The van der Waals surface area contributed by atoms with Crippen molar-refractivity contribution in [3.05, 3.63) is 53.0 Å². The SMILES string of the molecule is C/C(=N/NC(=S)Nc1ccc(C)cc1)c1cc(CCC(=O)O)oc1C. The first kappa shape index (κ1) is 18.7. The second-order valence-electron chi connectivity index (χ2n) is 5.71. The van der Waals surface area contributed by atoms with Crippen LogP contribution in [0, 0.1) is 13.8 Å². The van der Waals surface area contributed by atoms with Crippen molar-refractivity contribution in [3.63, 3.8) is 0 Å². The average Bonchev–Trinajstić information content (AvgIpc) is 2.94. The summed E-state index contributed by atoms with van der Waals surface area (Å²) in [5, 5.41) is 16.4. The maximum atomic E-state index is 10.6. The summed E-state index contributed by atoms with van der Waals surface area (Å²) in [6.45, 7) is 5.67. The van der Waals surface area contributed by atoms with Crippen molar-refractivity contribution in [2.75, 3.05) is 5.32 Å². The molecular formula is C18H21N3O3S. The molecule has 0 radical (unpaired) electrons. The van der Waals surface area contributed by atoms with E-state index in [0.29, 0.717) is 28.8 Å². The molecule has 0 aliphatic heterocycles. The Labute approximate surface area is 151 Å². The topological polar surface area (TPSA) is 86.9 Å². The molecule has 2 rings (SSSR count). The third kappa shape index (κ3) is 5.72. The molecule has 2 aromatic rings. The Morgan fingerprint density at radius 3 is 2.60 bits per heavy atom. The minimum Gasteiger partial charge on any atom is -0.481 e. The van der Waals surface area contributed by atoms with E-state index in [1.165, 1.54) is 5.56 Å². The van der Waals surface area contributed by atoms with E-state index in [9.17, 15) is 4.79 Å². The molecule has 132 valence electrons. The van der Waals surface area contributed by atoms with Crippen LogP contribution in [0.5, 0.6) is 0 Å². The van der Waals surface area contributed by atoms with Gasteiger partial charge in [0.05, 0.1) is 12.1 Å². The number of carbonyl (C=O) groups is 1. The van der Waals surface area contributed by atoms with E-state index in [1.807, 2.05) is 51.1 Å². The Hall–Kier alpha value is -2.67. The van der Waals surface area contributed by atoms with Gasteiger partial charge < -0.3 is 14.8 Å². The summed E-state index contributed by atoms with van der Waals surface area (Å²) >= 11 is 5.23. The number of nitrogens with zero attached hydrogens (tertiary/aromatic N) is 1. The summed E-state index contributed by atoms with van der Waals surface area (Å²) in [4.78, 5) is 10.6. The summed E-state index contributed by atoms with van der Waals surface area (Å²) in [6, 6.07) is 9.68. The van der Waals surface area contributed by atoms with Gasteiger partial charge in [-0.3, -0.25) is 10.2 Å². The van der Waals surface area contributed by atoms with Crippen LogP contribution in [-0.4, -0.2) is 21.9 Å². The molecule has 0 aliphatic rings. The molecule has 0 spiro atoms. The number of carboxylic acids is 1. The first-order valence-corrected chi connectivity index (χ1v) is 8.25. The lowest BCUT2D eigenvalue weighted by Gasteiger charge is -2.08. The van der Waals surface area contributed by atoms with Gasteiger partial charge in [0.25, 0.3) is 0 Å². The molecule has 0 saturated heterocycles. The minimum absolute atomic E-state index is 0.0331. The highest BCUT2D eigenvalue weighted by molar-refractivity contribution is 7.80. The second-order valence-corrected chi connectivity index (χ2v) is 6.11. The number of hydrogen-bond acceptors (Lipinski definition) is 4. The van der Waals surface area contributed by atoms with Gasteiger partial charge >= 0.3 is 5.97 Å². The van der Waals surface area contributed by atoms with E-state index in [1.54, 1.807) is 0 Å². The third-order valence-corrected chi connectivity index (χ3v) is 3.77. The summed E-state index contributed by atoms with van der Waals surface area (Å²) in [7, 11) is 0. The maximum absolute atomic E-state index is 10.6. The summed E-state index contributed by atoms with van der Waals surface area (Å²) < 4.78 is 5.58. The Morgan fingerprint density at radius 2 is 1.96 bits per heavy atom. The molecule has 0 aliphatic carbocycles. The molecule has 1 aromatic carbocycles. The van der Waals surface area contributed by atoms with Gasteiger partial charge in [0, 0.05) is 17.7 Å². The minimum atomic E-state index is -0.852. The lowest BCUT2D eigenvalue weighted by Crippen LogP contribution is -2.25. The number of furan rings is 1. The van der Waals surface area contributed by atoms with Crippen LogP contribution in [0.4, 0.5) is 5.69 Å². The number of benzene rings is 1. The molecule has 3 N–H and O–H groups in total. The maximum Gasteiger partial charge on any atom is 0.303 e. The Kier molecular flexibility index (Phi) is 6.30.